The molecule has 1 aliphatic heterocycles. The normalized spacial score (nSPS) is 17.3. The van der Waals surface area contributed by atoms with E-state index in [-0.39, 0.29) is 54.3 Å². The van der Waals surface area contributed by atoms with Gasteiger partial charge in [0, 0.05) is 30.9 Å². The van der Waals surface area contributed by atoms with E-state index in [0.29, 0.717) is 5.69 Å². The molecule has 44 heavy (non-hydrogen) atoms. The zero-order valence-corrected chi connectivity index (χ0v) is 24.4. The lowest BCUT2D eigenvalue weighted by Crippen LogP contribution is -2.50. The fraction of sp³-hybridized carbons (Fsp3) is 0.323. The Morgan fingerprint density at radius 2 is 1.66 bits per heavy atom. The molecule has 3 aromatic rings. The Balaban J connectivity index is 1.60. The Morgan fingerprint density at radius 1 is 1.00 bits per heavy atom. The van der Waals surface area contributed by atoms with E-state index in [0.717, 1.165) is 24.3 Å². The Labute approximate surface area is 252 Å². The molecule has 3 aromatic carbocycles. The van der Waals surface area contributed by atoms with Crippen LogP contribution in [0, 0.1) is 5.92 Å². The molecule has 5 amide bonds. The van der Waals surface area contributed by atoms with Crippen LogP contribution in [0.2, 0.25) is 0 Å². The number of rotatable bonds is 7. The summed E-state index contributed by atoms with van der Waals surface area (Å²) in [6.07, 6.45) is -5.17. The first-order valence-corrected chi connectivity index (χ1v) is 13.9. The number of hydrogen-bond acceptors (Lipinski definition) is 5. The lowest BCUT2D eigenvalue weighted by atomic mass is 9.99. The maximum absolute atomic E-state index is 13.7. The van der Waals surface area contributed by atoms with Crippen LogP contribution in [0.15, 0.2) is 72.8 Å². The van der Waals surface area contributed by atoms with Crippen LogP contribution in [0.5, 0.6) is 5.75 Å². The van der Waals surface area contributed by atoms with Gasteiger partial charge in [-0.25, -0.2) is 9.59 Å². The van der Waals surface area contributed by atoms with Crippen molar-refractivity contribution in [3.63, 3.8) is 0 Å². The van der Waals surface area contributed by atoms with Gasteiger partial charge in [-0.3, -0.25) is 4.79 Å². The number of ether oxygens (including phenoxy) is 1. The van der Waals surface area contributed by atoms with Crippen molar-refractivity contribution in [3.8, 4) is 5.75 Å². The largest absolute Gasteiger partial charge is 0.485 e. The molecule has 4 rings (SSSR count). The number of halogens is 3. The minimum Gasteiger partial charge on any atom is -0.485 e. The molecule has 3 atom stereocenters. The van der Waals surface area contributed by atoms with E-state index in [2.05, 4.69) is 16.0 Å². The number of hydrogen-bond donors (Lipinski definition) is 4. The summed E-state index contributed by atoms with van der Waals surface area (Å²) in [4.78, 5) is 42.5. The predicted octanol–water partition coefficient (Wildman–Crippen LogP) is 5.73. The van der Waals surface area contributed by atoms with Crippen LogP contribution >= 0.6 is 0 Å². The van der Waals surface area contributed by atoms with E-state index in [1.165, 1.54) is 21.9 Å². The number of urea groups is 2. The van der Waals surface area contributed by atoms with Crippen molar-refractivity contribution in [2.45, 2.75) is 32.2 Å². The third kappa shape index (κ3) is 7.78. The van der Waals surface area contributed by atoms with Gasteiger partial charge in [0.2, 0.25) is 0 Å². The number of benzene rings is 3. The third-order valence-corrected chi connectivity index (χ3v) is 7.24. The van der Waals surface area contributed by atoms with Crippen LogP contribution in [-0.2, 0) is 6.18 Å². The number of carbonyl (C=O) groups is 3. The van der Waals surface area contributed by atoms with Gasteiger partial charge in [-0.15, -0.1) is 0 Å². The molecular weight excluding hydrogens is 579 g/mol. The van der Waals surface area contributed by atoms with Crippen molar-refractivity contribution in [1.82, 2.24) is 9.80 Å². The number of aliphatic hydroxyl groups excluding tert-OH is 1. The Bertz CT molecular complexity index is 1470. The van der Waals surface area contributed by atoms with Crippen LogP contribution < -0.4 is 20.7 Å². The van der Waals surface area contributed by atoms with Crippen LogP contribution in [0.3, 0.4) is 0 Å². The summed E-state index contributed by atoms with van der Waals surface area (Å²) in [6.45, 7) is 3.62. The van der Waals surface area contributed by atoms with E-state index in [1.807, 2.05) is 13.0 Å². The molecule has 0 spiro atoms. The Morgan fingerprint density at radius 3 is 2.30 bits per heavy atom. The number of carbonyl (C=O) groups excluding carboxylic acids is 3. The summed E-state index contributed by atoms with van der Waals surface area (Å²) >= 11 is 0. The highest BCUT2D eigenvalue weighted by molar-refractivity contribution is 6.04. The molecule has 0 saturated heterocycles. The smallest absolute Gasteiger partial charge is 0.416 e. The molecule has 0 aromatic heterocycles. The van der Waals surface area contributed by atoms with Gasteiger partial charge < -0.3 is 35.6 Å². The maximum atomic E-state index is 13.7. The minimum absolute atomic E-state index is 0.0589. The Hall–Kier alpha value is -4.78. The molecular formula is C31H34F3N5O5. The van der Waals surface area contributed by atoms with Crippen molar-refractivity contribution in [2.75, 3.05) is 42.7 Å². The van der Waals surface area contributed by atoms with E-state index in [1.54, 1.807) is 44.3 Å². The van der Waals surface area contributed by atoms with Gasteiger partial charge in [-0.2, -0.15) is 13.2 Å². The number of nitrogens with one attached hydrogen (secondary N) is 3. The number of anilines is 3. The second kappa shape index (κ2) is 13.7. The zero-order valence-electron chi connectivity index (χ0n) is 24.4. The molecule has 1 aliphatic rings. The van der Waals surface area contributed by atoms with Gasteiger partial charge in [0.05, 0.1) is 36.0 Å². The molecule has 0 aliphatic carbocycles. The van der Waals surface area contributed by atoms with Crippen LogP contribution in [0.4, 0.5) is 39.8 Å². The van der Waals surface area contributed by atoms with Crippen molar-refractivity contribution in [1.29, 1.82) is 0 Å². The van der Waals surface area contributed by atoms with Crippen LogP contribution in [-0.4, -0.2) is 71.8 Å². The molecule has 1 heterocycles. The molecule has 4 N–H and O–H groups in total. The summed E-state index contributed by atoms with van der Waals surface area (Å²) in [5, 5.41) is 17.8. The van der Waals surface area contributed by atoms with E-state index in [9.17, 15) is 32.7 Å². The molecule has 10 nitrogen and oxygen atoms in total. The minimum atomic E-state index is -4.52. The average Bonchev–Trinajstić information content (AvgIpc) is 2.99. The number of aliphatic hydroxyl groups is 1. The van der Waals surface area contributed by atoms with Gasteiger partial charge >= 0.3 is 18.2 Å². The molecule has 234 valence electrons. The maximum Gasteiger partial charge on any atom is 0.416 e. The summed E-state index contributed by atoms with van der Waals surface area (Å²) in [6, 6.07) is 15.8. The average molecular weight is 614 g/mol. The highest BCUT2D eigenvalue weighted by atomic mass is 19.4. The number of nitrogens with zero attached hydrogens (tertiary/aromatic N) is 2. The molecule has 0 bridgehead atoms. The van der Waals surface area contributed by atoms with Crippen molar-refractivity contribution in [3.05, 3.63) is 83.9 Å². The SMILES string of the molecule is C[C@H]1CN([C@@H](C)CO)C(=O)c2cccc(NC(=O)Nc3ccc(C(F)(F)F)cc3)c2O[C@H]1CN(C)C(=O)Nc1ccccc1. The molecule has 0 fully saturated rings. The quantitative estimate of drug-likeness (QED) is 0.271. The predicted molar refractivity (Wildman–Crippen MR) is 160 cm³/mol. The lowest BCUT2D eigenvalue weighted by molar-refractivity contribution is -0.137. The van der Waals surface area contributed by atoms with Crippen LogP contribution in [0.1, 0.15) is 29.8 Å². The van der Waals surface area contributed by atoms with Gasteiger partial charge in [-0.1, -0.05) is 31.2 Å². The highest BCUT2D eigenvalue weighted by Gasteiger charge is 2.35. The van der Waals surface area contributed by atoms with E-state index in [4.69, 9.17) is 4.74 Å². The lowest BCUT2D eigenvalue weighted by Gasteiger charge is -2.38. The summed E-state index contributed by atoms with van der Waals surface area (Å²) in [7, 11) is 1.61. The number of fused-ring (bicyclic) bond motifs is 1. The Kier molecular flexibility index (Phi) is 9.99. The standard InChI is InChI=1S/C31H34F3N5O5/c1-19-16-39(20(2)18-40)28(41)24-10-7-11-25(37-29(42)35-23-14-12-21(13-15-23)31(32,33)34)27(24)44-26(19)17-38(3)30(43)36-22-8-5-4-6-9-22/h4-15,19-20,26,40H,16-18H2,1-3H3,(H,36,43)(H2,35,37,42)/t19-,20-,26-/m0/s1. The summed E-state index contributed by atoms with van der Waals surface area (Å²) < 4.78 is 45.2. The number of para-hydroxylation sites is 2. The monoisotopic (exact) mass is 613 g/mol. The first kappa shape index (κ1) is 32.1. The van der Waals surface area contributed by atoms with Gasteiger partial charge in [0.1, 0.15) is 6.10 Å². The number of alkyl halides is 3. The molecule has 0 unspecified atom stereocenters. The highest BCUT2D eigenvalue weighted by Crippen LogP contribution is 2.35. The van der Waals surface area contributed by atoms with Gasteiger partial charge in [-0.05, 0) is 55.5 Å². The van der Waals surface area contributed by atoms with Crippen molar-refractivity contribution < 1.29 is 37.4 Å². The van der Waals surface area contributed by atoms with Crippen molar-refractivity contribution >= 4 is 35.0 Å². The first-order chi connectivity index (χ1) is 20.9. The molecule has 0 saturated carbocycles. The third-order valence-electron chi connectivity index (χ3n) is 7.24. The summed E-state index contributed by atoms with van der Waals surface area (Å²) in [5.74, 6) is -0.681. The topological polar surface area (TPSA) is 123 Å². The van der Waals surface area contributed by atoms with Crippen LogP contribution in [0.25, 0.3) is 0 Å². The second-order valence-electron chi connectivity index (χ2n) is 10.6. The fourth-order valence-corrected chi connectivity index (χ4v) is 4.68. The zero-order chi connectivity index (χ0) is 32.0. The number of likely N-dealkylation sites (N-methyl/N-ethyl adjacent to an activating group) is 1. The van der Waals surface area contributed by atoms with Crippen molar-refractivity contribution in [2.24, 2.45) is 5.92 Å². The second-order valence-corrected chi connectivity index (χ2v) is 10.6. The molecule has 0 radical (unpaired) electrons. The van der Waals surface area contributed by atoms with Gasteiger partial charge in [0.25, 0.3) is 5.91 Å². The van der Waals surface area contributed by atoms with E-state index < -0.39 is 35.8 Å². The van der Waals surface area contributed by atoms with Gasteiger partial charge in [0.15, 0.2) is 5.75 Å². The number of amides is 5. The fourth-order valence-electron chi connectivity index (χ4n) is 4.68. The molecule has 13 heteroatoms. The summed E-state index contributed by atoms with van der Waals surface area (Å²) in [5.41, 5.74) is 0.134. The first-order valence-electron chi connectivity index (χ1n) is 13.9. The van der Waals surface area contributed by atoms with E-state index >= 15 is 0 Å².